The minimum Gasteiger partial charge on any atom is -0.496 e. The molecule has 0 aliphatic heterocycles. The van der Waals surface area contributed by atoms with Crippen molar-refractivity contribution in [2.45, 2.75) is 6.42 Å². The van der Waals surface area contributed by atoms with Crippen LogP contribution in [0.25, 0.3) is 10.6 Å². The zero-order chi connectivity index (χ0) is 18.5. The summed E-state index contributed by atoms with van der Waals surface area (Å²) in [6.45, 7) is -0.486. The van der Waals surface area contributed by atoms with Crippen LogP contribution < -0.4 is 4.74 Å². The Hall–Kier alpha value is -2.58. The first-order chi connectivity index (χ1) is 12.6. The standard InChI is InChI=1S/C18H14FNO4S2/c1-23-16-3-2-12(19)6-14(16)15(21)8-24-17(22)7-13-10-26-18(20-13)11-4-5-25-9-11/h2-6,9-10H,7-8H2,1H3. The van der Waals surface area contributed by atoms with Gasteiger partial charge in [0.25, 0.3) is 0 Å². The Morgan fingerprint density at radius 2 is 2.08 bits per heavy atom. The molecule has 0 saturated heterocycles. The Morgan fingerprint density at radius 3 is 2.81 bits per heavy atom. The number of benzene rings is 1. The molecule has 3 rings (SSSR count). The van der Waals surface area contributed by atoms with E-state index in [0.717, 1.165) is 16.6 Å². The lowest BCUT2D eigenvalue weighted by Gasteiger charge is -2.08. The summed E-state index contributed by atoms with van der Waals surface area (Å²) in [6.07, 6.45) is -0.0335. The lowest BCUT2D eigenvalue weighted by Crippen LogP contribution is -2.16. The number of hydrogen-bond acceptors (Lipinski definition) is 7. The molecule has 0 amide bonds. The van der Waals surface area contributed by atoms with Crippen molar-refractivity contribution in [3.63, 3.8) is 0 Å². The molecule has 0 spiro atoms. The number of ketones is 1. The average Bonchev–Trinajstić information content (AvgIpc) is 3.31. The fourth-order valence-electron chi connectivity index (χ4n) is 2.23. The zero-order valence-corrected chi connectivity index (χ0v) is 15.4. The summed E-state index contributed by atoms with van der Waals surface area (Å²) >= 11 is 3.01. The van der Waals surface area contributed by atoms with E-state index in [0.29, 0.717) is 5.69 Å². The number of esters is 1. The van der Waals surface area contributed by atoms with Gasteiger partial charge in [0, 0.05) is 16.3 Å². The first-order valence-corrected chi connectivity index (χ1v) is 9.38. The van der Waals surface area contributed by atoms with E-state index in [1.54, 1.807) is 16.7 Å². The number of Topliss-reactive ketones (excluding diaryl/α,β-unsaturated/α-hetero) is 1. The van der Waals surface area contributed by atoms with Crippen molar-refractivity contribution < 1.29 is 23.5 Å². The van der Waals surface area contributed by atoms with Gasteiger partial charge < -0.3 is 9.47 Å². The van der Waals surface area contributed by atoms with Crippen molar-refractivity contribution in [2.24, 2.45) is 0 Å². The molecule has 2 aromatic heterocycles. The molecule has 0 saturated carbocycles. The van der Waals surface area contributed by atoms with Gasteiger partial charge in [-0.3, -0.25) is 9.59 Å². The van der Waals surface area contributed by atoms with Crippen LogP contribution in [0.2, 0.25) is 0 Å². The third-order valence-corrected chi connectivity index (χ3v) is 5.09. The Morgan fingerprint density at radius 1 is 1.23 bits per heavy atom. The van der Waals surface area contributed by atoms with Crippen molar-refractivity contribution in [1.29, 1.82) is 0 Å². The van der Waals surface area contributed by atoms with Crippen LogP contribution in [0.1, 0.15) is 16.1 Å². The van der Waals surface area contributed by atoms with Gasteiger partial charge >= 0.3 is 5.97 Å². The van der Waals surface area contributed by atoms with Gasteiger partial charge in [-0.15, -0.1) is 11.3 Å². The lowest BCUT2D eigenvalue weighted by molar-refractivity contribution is -0.141. The highest BCUT2D eigenvalue weighted by molar-refractivity contribution is 7.14. The molecule has 2 heterocycles. The molecule has 134 valence electrons. The molecule has 0 atom stereocenters. The highest BCUT2D eigenvalue weighted by Crippen LogP contribution is 2.26. The van der Waals surface area contributed by atoms with Gasteiger partial charge in [-0.25, -0.2) is 9.37 Å². The first-order valence-electron chi connectivity index (χ1n) is 7.56. The molecule has 0 bridgehead atoms. The molecule has 0 N–H and O–H groups in total. The van der Waals surface area contributed by atoms with Crippen molar-refractivity contribution in [3.05, 3.63) is 57.5 Å². The van der Waals surface area contributed by atoms with E-state index in [4.69, 9.17) is 9.47 Å². The fraction of sp³-hybridized carbons (Fsp3) is 0.167. The maximum absolute atomic E-state index is 13.3. The smallest absolute Gasteiger partial charge is 0.312 e. The van der Waals surface area contributed by atoms with Gasteiger partial charge in [0.1, 0.15) is 16.6 Å². The highest BCUT2D eigenvalue weighted by atomic mass is 32.1. The molecule has 0 radical (unpaired) electrons. The van der Waals surface area contributed by atoms with Crippen LogP contribution in [0.15, 0.2) is 40.4 Å². The van der Waals surface area contributed by atoms with Crippen molar-refractivity contribution in [2.75, 3.05) is 13.7 Å². The number of aromatic nitrogens is 1. The van der Waals surface area contributed by atoms with Crippen LogP contribution in [0.4, 0.5) is 4.39 Å². The van der Waals surface area contributed by atoms with Crippen molar-refractivity contribution in [1.82, 2.24) is 4.98 Å². The van der Waals surface area contributed by atoms with E-state index in [1.807, 2.05) is 16.8 Å². The maximum atomic E-state index is 13.3. The summed E-state index contributed by atoms with van der Waals surface area (Å²) < 4.78 is 23.4. The molecule has 3 aromatic rings. The fourth-order valence-corrected chi connectivity index (χ4v) is 3.76. The molecular formula is C18H14FNO4S2. The van der Waals surface area contributed by atoms with E-state index in [1.165, 1.54) is 30.6 Å². The monoisotopic (exact) mass is 391 g/mol. The van der Waals surface area contributed by atoms with Crippen LogP contribution in [-0.4, -0.2) is 30.5 Å². The van der Waals surface area contributed by atoms with Crippen LogP contribution in [0, 0.1) is 5.82 Å². The molecule has 26 heavy (non-hydrogen) atoms. The number of hydrogen-bond donors (Lipinski definition) is 0. The molecule has 0 aliphatic carbocycles. The van der Waals surface area contributed by atoms with Gasteiger partial charge in [0.2, 0.25) is 5.78 Å². The second-order valence-electron chi connectivity index (χ2n) is 5.26. The summed E-state index contributed by atoms with van der Waals surface area (Å²) in [7, 11) is 1.38. The van der Waals surface area contributed by atoms with E-state index >= 15 is 0 Å². The number of thiophene rings is 1. The lowest BCUT2D eigenvalue weighted by atomic mass is 10.1. The number of rotatable bonds is 7. The van der Waals surface area contributed by atoms with Crippen molar-refractivity contribution in [3.8, 4) is 16.3 Å². The number of carbonyl (C=O) groups is 2. The highest BCUT2D eigenvalue weighted by Gasteiger charge is 2.17. The Balaban J connectivity index is 1.57. The summed E-state index contributed by atoms with van der Waals surface area (Å²) in [4.78, 5) is 28.5. The van der Waals surface area contributed by atoms with Gasteiger partial charge in [-0.05, 0) is 29.6 Å². The zero-order valence-electron chi connectivity index (χ0n) is 13.7. The molecule has 8 heteroatoms. The number of nitrogens with zero attached hydrogens (tertiary/aromatic N) is 1. The predicted molar refractivity (Wildman–Crippen MR) is 97.4 cm³/mol. The second-order valence-corrected chi connectivity index (χ2v) is 6.90. The normalized spacial score (nSPS) is 10.5. The minimum atomic E-state index is -0.573. The van der Waals surface area contributed by atoms with Gasteiger partial charge in [-0.1, -0.05) is 0 Å². The number of methoxy groups -OCH3 is 1. The first kappa shape index (κ1) is 18.2. The topological polar surface area (TPSA) is 65.5 Å². The Kier molecular flexibility index (Phi) is 5.75. The van der Waals surface area contributed by atoms with Crippen LogP contribution >= 0.6 is 22.7 Å². The second kappa shape index (κ2) is 8.20. The van der Waals surface area contributed by atoms with E-state index in [9.17, 15) is 14.0 Å². The maximum Gasteiger partial charge on any atom is 0.312 e. The molecule has 5 nitrogen and oxygen atoms in total. The molecule has 1 aromatic carbocycles. The predicted octanol–water partition coefficient (Wildman–Crippen LogP) is 3.99. The molecule has 0 unspecified atom stereocenters. The van der Waals surface area contributed by atoms with Crippen LogP contribution in [0.3, 0.4) is 0 Å². The minimum absolute atomic E-state index is 0.0335. The average molecular weight is 391 g/mol. The molecular weight excluding hydrogens is 377 g/mol. The number of thiazole rings is 1. The summed E-state index contributed by atoms with van der Waals surface area (Å²) in [5.74, 6) is -1.45. The Bertz CT molecular complexity index is 921. The van der Waals surface area contributed by atoms with E-state index < -0.39 is 24.2 Å². The largest absolute Gasteiger partial charge is 0.496 e. The van der Waals surface area contributed by atoms with Gasteiger partial charge in [0.15, 0.2) is 6.61 Å². The van der Waals surface area contributed by atoms with Crippen LogP contribution in [-0.2, 0) is 16.0 Å². The SMILES string of the molecule is COc1ccc(F)cc1C(=O)COC(=O)Cc1csc(-c2ccsc2)n1. The Labute approximate surface area is 157 Å². The summed E-state index contributed by atoms with van der Waals surface area (Å²) in [5, 5.41) is 6.55. The molecule has 0 fully saturated rings. The number of carbonyl (C=O) groups excluding carboxylic acids is 2. The van der Waals surface area contributed by atoms with Crippen molar-refractivity contribution >= 4 is 34.4 Å². The number of ether oxygens (including phenoxy) is 2. The van der Waals surface area contributed by atoms with Crippen LogP contribution in [0.5, 0.6) is 5.75 Å². The summed E-state index contributed by atoms with van der Waals surface area (Å²) in [6, 6.07) is 5.56. The molecule has 0 aliphatic rings. The van der Waals surface area contributed by atoms with E-state index in [2.05, 4.69) is 4.98 Å². The quantitative estimate of drug-likeness (QED) is 0.450. The van der Waals surface area contributed by atoms with Gasteiger partial charge in [0.05, 0.1) is 24.8 Å². The third-order valence-electron chi connectivity index (χ3n) is 3.47. The number of halogens is 1. The third kappa shape index (κ3) is 4.33. The van der Waals surface area contributed by atoms with E-state index in [-0.39, 0.29) is 17.7 Å². The van der Waals surface area contributed by atoms with Gasteiger partial charge in [-0.2, -0.15) is 11.3 Å². The summed E-state index contributed by atoms with van der Waals surface area (Å²) in [5.41, 5.74) is 1.62.